The molecule has 0 aliphatic heterocycles. The van der Waals surface area contributed by atoms with Gasteiger partial charge in [-0.15, -0.1) is 0 Å². The minimum absolute atomic E-state index is 0.305. The van der Waals surface area contributed by atoms with Crippen LogP contribution in [0.25, 0.3) is 0 Å². The molecule has 1 atom stereocenters. The standard InChI is InChI=1S/C13H23N3S/c1-13(2,17-4)9-14-11-6-5-7-12-10(11)8-15-16(12)3/h8,11,14H,5-7,9H2,1-4H3. The maximum atomic E-state index is 4.38. The van der Waals surface area contributed by atoms with Crippen LogP contribution in [0.5, 0.6) is 0 Å². The summed E-state index contributed by atoms with van der Waals surface area (Å²) in [6.07, 6.45) is 7.90. The van der Waals surface area contributed by atoms with E-state index in [0.717, 1.165) is 6.54 Å². The largest absolute Gasteiger partial charge is 0.308 e. The van der Waals surface area contributed by atoms with E-state index in [1.54, 1.807) is 0 Å². The van der Waals surface area contributed by atoms with E-state index in [9.17, 15) is 0 Å². The molecule has 1 aliphatic rings. The van der Waals surface area contributed by atoms with E-state index in [-0.39, 0.29) is 0 Å². The molecule has 0 fully saturated rings. The Morgan fingerprint density at radius 2 is 2.35 bits per heavy atom. The lowest BCUT2D eigenvalue weighted by Gasteiger charge is -2.29. The molecule has 2 rings (SSSR count). The van der Waals surface area contributed by atoms with Crippen molar-refractivity contribution < 1.29 is 0 Å². The van der Waals surface area contributed by atoms with Crippen LogP contribution in [0.3, 0.4) is 0 Å². The van der Waals surface area contributed by atoms with E-state index >= 15 is 0 Å². The molecule has 1 heterocycles. The molecule has 1 aromatic heterocycles. The molecule has 4 heteroatoms. The molecule has 1 unspecified atom stereocenters. The summed E-state index contributed by atoms with van der Waals surface area (Å²) in [7, 11) is 2.05. The van der Waals surface area contributed by atoms with Crippen LogP contribution in [0, 0.1) is 0 Å². The summed E-state index contributed by atoms with van der Waals surface area (Å²) in [5.41, 5.74) is 2.83. The third-order valence-electron chi connectivity index (χ3n) is 3.70. The van der Waals surface area contributed by atoms with E-state index in [1.165, 1.54) is 30.5 Å². The summed E-state index contributed by atoms with van der Waals surface area (Å²) in [5, 5.41) is 8.09. The van der Waals surface area contributed by atoms with Crippen molar-refractivity contribution in [1.82, 2.24) is 15.1 Å². The van der Waals surface area contributed by atoms with Gasteiger partial charge in [-0.25, -0.2) is 0 Å². The van der Waals surface area contributed by atoms with Crippen molar-refractivity contribution in [3.05, 3.63) is 17.5 Å². The van der Waals surface area contributed by atoms with Gasteiger partial charge in [0.1, 0.15) is 0 Å². The number of rotatable bonds is 4. The van der Waals surface area contributed by atoms with Crippen LogP contribution in [0.15, 0.2) is 6.20 Å². The predicted octanol–water partition coefficient (Wildman–Crippen LogP) is 2.53. The summed E-state index contributed by atoms with van der Waals surface area (Å²) in [6, 6.07) is 0.499. The van der Waals surface area contributed by atoms with Crippen LogP contribution >= 0.6 is 11.8 Å². The Kier molecular flexibility index (Phi) is 3.83. The molecule has 96 valence electrons. The minimum Gasteiger partial charge on any atom is -0.308 e. The highest BCUT2D eigenvalue weighted by Gasteiger charge is 2.25. The number of hydrogen-bond donors (Lipinski definition) is 1. The second-order valence-electron chi connectivity index (χ2n) is 5.46. The van der Waals surface area contributed by atoms with Gasteiger partial charge in [0.15, 0.2) is 0 Å². The fourth-order valence-electron chi connectivity index (χ4n) is 2.36. The average Bonchev–Trinajstić information content (AvgIpc) is 2.70. The first-order valence-corrected chi connectivity index (χ1v) is 7.55. The first kappa shape index (κ1) is 13.0. The SMILES string of the molecule is CSC(C)(C)CNC1CCCc2c1cnn2C. The highest BCUT2D eigenvalue weighted by molar-refractivity contribution is 7.99. The predicted molar refractivity (Wildman–Crippen MR) is 74.5 cm³/mol. The highest BCUT2D eigenvalue weighted by atomic mass is 32.2. The molecule has 0 radical (unpaired) electrons. The van der Waals surface area contributed by atoms with Crippen molar-refractivity contribution >= 4 is 11.8 Å². The van der Waals surface area contributed by atoms with Gasteiger partial charge >= 0.3 is 0 Å². The van der Waals surface area contributed by atoms with Gasteiger partial charge in [-0.2, -0.15) is 16.9 Å². The number of aromatic nitrogens is 2. The molecule has 0 saturated carbocycles. The zero-order chi connectivity index (χ0) is 12.5. The van der Waals surface area contributed by atoms with E-state index < -0.39 is 0 Å². The van der Waals surface area contributed by atoms with Crippen molar-refractivity contribution in [2.75, 3.05) is 12.8 Å². The summed E-state index contributed by atoms with van der Waals surface area (Å²) in [4.78, 5) is 0. The highest BCUT2D eigenvalue weighted by Crippen LogP contribution is 2.30. The van der Waals surface area contributed by atoms with Gasteiger partial charge in [-0.1, -0.05) is 0 Å². The maximum Gasteiger partial charge on any atom is 0.0540 e. The molecule has 3 nitrogen and oxygen atoms in total. The molecule has 17 heavy (non-hydrogen) atoms. The monoisotopic (exact) mass is 253 g/mol. The molecular formula is C13H23N3S. The van der Waals surface area contributed by atoms with Crippen LogP contribution in [-0.4, -0.2) is 27.3 Å². The van der Waals surface area contributed by atoms with E-state index in [1.807, 2.05) is 29.7 Å². The van der Waals surface area contributed by atoms with Crippen LogP contribution in [-0.2, 0) is 13.5 Å². The van der Waals surface area contributed by atoms with Gasteiger partial charge in [0.2, 0.25) is 0 Å². The van der Waals surface area contributed by atoms with E-state index in [2.05, 4.69) is 30.5 Å². The zero-order valence-corrected chi connectivity index (χ0v) is 12.1. The second kappa shape index (κ2) is 5.02. The number of thioether (sulfide) groups is 1. The first-order chi connectivity index (χ1) is 8.03. The molecule has 0 spiro atoms. The summed E-state index contributed by atoms with van der Waals surface area (Å²) in [5.74, 6) is 0. The Labute approximate surface area is 108 Å². The Morgan fingerprint density at radius 3 is 3.06 bits per heavy atom. The van der Waals surface area contributed by atoms with Crippen molar-refractivity contribution in [3.8, 4) is 0 Å². The third-order valence-corrected chi connectivity index (χ3v) is 4.95. The molecule has 1 N–H and O–H groups in total. The van der Waals surface area contributed by atoms with E-state index in [0.29, 0.717) is 10.8 Å². The van der Waals surface area contributed by atoms with Crippen LogP contribution in [0.4, 0.5) is 0 Å². The number of nitrogens with one attached hydrogen (secondary N) is 1. The lowest BCUT2D eigenvalue weighted by atomic mass is 9.92. The van der Waals surface area contributed by atoms with Crippen LogP contribution < -0.4 is 5.32 Å². The van der Waals surface area contributed by atoms with Crippen molar-refractivity contribution in [2.24, 2.45) is 7.05 Å². The van der Waals surface area contributed by atoms with Gasteiger partial charge in [-0.05, 0) is 39.4 Å². The topological polar surface area (TPSA) is 29.9 Å². The molecular weight excluding hydrogens is 230 g/mol. The minimum atomic E-state index is 0.305. The van der Waals surface area contributed by atoms with Gasteiger partial charge < -0.3 is 5.32 Å². The van der Waals surface area contributed by atoms with E-state index in [4.69, 9.17) is 0 Å². The zero-order valence-electron chi connectivity index (χ0n) is 11.3. The lowest BCUT2D eigenvalue weighted by molar-refractivity contribution is 0.434. The van der Waals surface area contributed by atoms with Gasteiger partial charge in [0.25, 0.3) is 0 Å². The van der Waals surface area contributed by atoms with Gasteiger partial charge in [0, 0.05) is 35.6 Å². The number of hydrogen-bond acceptors (Lipinski definition) is 3. The van der Waals surface area contributed by atoms with Crippen LogP contribution in [0.1, 0.15) is 44.0 Å². The van der Waals surface area contributed by atoms with Crippen molar-refractivity contribution in [2.45, 2.75) is 43.9 Å². The number of nitrogens with zero attached hydrogens (tertiary/aromatic N) is 2. The average molecular weight is 253 g/mol. The van der Waals surface area contributed by atoms with Crippen LogP contribution in [0.2, 0.25) is 0 Å². The fourth-order valence-corrected chi connectivity index (χ4v) is 2.59. The molecule has 1 aliphatic carbocycles. The molecule has 0 aromatic carbocycles. The molecule has 0 saturated heterocycles. The Balaban J connectivity index is 2.04. The second-order valence-corrected chi connectivity index (χ2v) is 6.97. The Bertz CT molecular complexity index is 384. The molecule has 0 amide bonds. The summed E-state index contributed by atoms with van der Waals surface area (Å²) < 4.78 is 2.34. The molecule has 1 aromatic rings. The quantitative estimate of drug-likeness (QED) is 0.894. The third kappa shape index (κ3) is 2.86. The Hall–Kier alpha value is -0.480. The van der Waals surface area contributed by atoms with Gasteiger partial charge in [-0.3, -0.25) is 4.68 Å². The first-order valence-electron chi connectivity index (χ1n) is 6.33. The fraction of sp³-hybridized carbons (Fsp3) is 0.769. The summed E-state index contributed by atoms with van der Waals surface area (Å²) in [6.45, 7) is 5.63. The normalized spacial score (nSPS) is 20.4. The number of fused-ring (bicyclic) bond motifs is 1. The summed E-state index contributed by atoms with van der Waals surface area (Å²) >= 11 is 1.92. The lowest BCUT2D eigenvalue weighted by Crippen LogP contribution is -2.35. The smallest absolute Gasteiger partial charge is 0.0540 e. The van der Waals surface area contributed by atoms with Gasteiger partial charge in [0.05, 0.1) is 6.20 Å². The van der Waals surface area contributed by atoms with Crippen molar-refractivity contribution in [3.63, 3.8) is 0 Å². The maximum absolute atomic E-state index is 4.38. The Morgan fingerprint density at radius 1 is 1.59 bits per heavy atom. The van der Waals surface area contributed by atoms with Crippen molar-refractivity contribution in [1.29, 1.82) is 0 Å². The molecule has 0 bridgehead atoms. The number of aryl methyl sites for hydroxylation is 1.